The maximum absolute atomic E-state index is 4.74. The minimum atomic E-state index is 0.782. The van der Waals surface area contributed by atoms with Crippen molar-refractivity contribution >= 4 is 11.5 Å². The van der Waals surface area contributed by atoms with Crippen LogP contribution in [0.2, 0.25) is 0 Å². The molecule has 0 radical (unpaired) electrons. The van der Waals surface area contributed by atoms with E-state index in [1.807, 2.05) is 0 Å². The molecule has 0 saturated heterocycles. The Labute approximate surface area is 145 Å². The van der Waals surface area contributed by atoms with Gasteiger partial charge in [0.05, 0.1) is 6.67 Å². The molecular formula is C20H28N4. The summed E-state index contributed by atoms with van der Waals surface area (Å²) >= 11 is 0. The summed E-state index contributed by atoms with van der Waals surface area (Å²) in [5, 5.41) is 10.4. The van der Waals surface area contributed by atoms with Gasteiger partial charge >= 0.3 is 0 Å². The molecule has 0 spiro atoms. The van der Waals surface area contributed by atoms with Gasteiger partial charge in [-0.25, -0.2) is 4.98 Å². The van der Waals surface area contributed by atoms with Gasteiger partial charge in [0.25, 0.3) is 0 Å². The van der Waals surface area contributed by atoms with Crippen molar-refractivity contribution in [1.29, 1.82) is 0 Å². The summed E-state index contributed by atoms with van der Waals surface area (Å²) in [6.07, 6.45) is 5.60. The number of nitrogens with one attached hydrogen (secondary N) is 3. The van der Waals surface area contributed by atoms with Crippen LogP contribution in [0.4, 0.5) is 11.5 Å². The Kier molecular flexibility index (Phi) is 6.07. The van der Waals surface area contributed by atoms with E-state index < -0.39 is 0 Å². The number of fused-ring (bicyclic) bond motifs is 1. The average molecular weight is 324 g/mol. The highest BCUT2D eigenvalue weighted by Gasteiger charge is 2.09. The summed E-state index contributed by atoms with van der Waals surface area (Å²) in [4.78, 5) is 4.74. The van der Waals surface area contributed by atoms with E-state index in [1.54, 1.807) is 0 Å². The Balaban J connectivity index is 1.43. The zero-order valence-electron chi connectivity index (χ0n) is 14.6. The third-order valence-corrected chi connectivity index (χ3v) is 4.45. The number of pyridine rings is 1. The summed E-state index contributed by atoms with van der Waals surface area (Å²) in [7, 11) is 0. The van der Waals surface area contributed by atoms with Gasteiger partial charge in [-0.1, -0.05) is 37.6 Å². The van der Waals surface area contributed by atoms with Gasteiger partial charge in [0.1, 0.15) is 5.82 Å². The minimum Gasteiger partial charge on any atom is -0.372 e. The lowest BCUT2D eigenvalue weighted by atomic mass is 10.1. The van der Waals surface area contributed by atoms with Crippen molar-refractivity contribution in [1.82, 2.24) is 10.3 Å². The second kappa shape index (κ2) is 8.69. The number of anilines is 2. The highest BCUT2D eigenvalue weighted by molar-refractivity contribution is 5.51. The Hall–Kier alpha value is -2.07. The third kappa shape index (κ3) is 4.48. The fraction of sp³-hybridized carbons (Fsp3) is 0.450. The lowest BCUT2D eigenvalue weighted by Crippen LogP contribution is -2.25. The summed E-state index contributed by atoms with van der Waals surface area (Å²) < 4.78 is 0. The number of aryl methyl sites for hydroxylation is 2. The van der Waals surface area contributed by atoms with Crippen molar-refractivity contribution in [2.75, 3.05) is 30.4 Å². The molecule has 1 aromatic heterocycles. The topological polar surface area (TPSA) is 49.0 Å². The minimum absolute atomic E-state index is 0.782. The molecule has 0 atom stereocenters. The Morgan fingerprint density at radius 3 is 2.96 bits per heavy atom. The third-order valence-electron chi connectivity index (χ3n) is 4.45. The maximum Gasteiger partial charge on any atom is 0.129 e. The maximum atomic E-state index is 4.74. The van der Waals surface area contributed by atoms with E-state index in [0.29, 0.717) is 0 Å². The van der Waals surface area contributed by atoms with Crippen LogP contribution in [0.1, 0.15) is 36.6 Å². The molecule has 1 aromatic carbocycles. The first kappa shape index (κ1) is 16.8. The number of hydrogen-bond donors (Lipinski definition) is 3. The number of benzene rings is 1. The van der Waals surface area contributed by atoms with Crippen LogP contribution in [0.25, 0.3) is 0 Å². The monoisotopic (exact) mass is 324 g/mol. The smallest absolute Gasteiger partial charge is 0.129 e. The predicted octanol–water partition coefficient (Wildman–Crippen LogP) is 3.59. The standard InChI is InChI=1S/C20H28N4/c1-2-6-16-7-3-4-9-19(16)23-15-21-14-12-18-11-10-17-8-5-13-22-20(17)24-18/h3-4,7,9-11,21,23H,2,5-6,8,12-15H2,1H3,(H,22,24). The summed E-state index contributed by atoms with van der Waals surface area (Å²) in [6, 6.07) is 12.9. The van der Waals surface area contributed by atoms with E-state index in [1.165, 1.54) is 29.7 Å². The van der Waals surface area contributed by atoms with Gasteiger partial charge in [-0.05, 0) is 42.5 Å². The van der Waals surface area contributed by atoms with Crippen LogP contribution in [-0.4, -0.2) is 24.7 Å². The fourth-order valence-electron chi connectivity index (χ4n) is 3.15. The van der Waals surface area contributed by atoms with Crippen LogP contribution in [0.5, 0.6) is 0 Å². The van der Waals surface area contributed by atoms with Gasteiger partial charge in [0, 0.05) is 30.9 Å². The molecular weight excluding hydrogens is 296 g/mol. The van der Waals surface area contributed by atoms with E-state index in [9.17, 15) is 0 Å². The highest BCUT2D eigenvalue weighted by Crippen LogP contribution is 2.19. The normalized spacial score (nSPS) is 13.2. The van der Waals surface area contributed by atoms with Crippen LogP contribution >= 0.6 is 0 Å². The number of nitrogens with zero attached hydrogens (tertiary/aromatic N) is 1. The predicted molar refractivity (Wildman–Crippen MR) is 102 cm³/mol. The van der Waals surface area contributed by atoms with Crippen molar-refractivity contribution in [3.63, 3.8) is 0 Å². The molecule has 0 bridgehead atoms. The molecule has 1 aliphatic heterocycles. The van der Waals surface area contributed by atoms with Crippen LogP contribution < -0.4 is 16.0 Å². The molecule has 128 valence electrons. The van der Waals surface area contributed by atoms with Gasteiger partial charge in [-0.2, -0.15) is 0 Å². The van der Waals surface area contributed by atoms with Crippen molar-refractivity contribution in [3.8, 4) is 0 Å². The zero-order valence-corrected chi connectivity index (χ0v) is 14.6. The molecule has 4 heteroatoms. The first-order valence-corrected chi connectivity index (χ1v) is 9.12. The zero-order chi connectivity index (χ0) is 16.6. The molecule has 4 nitrogen and oxygen atoms in total. The van der Waals surface area contributed by atoms with Gasteiger partial charge in [0.15, 0.2) is 0 Å². The second-order valence-corrected chi connectivity index (χ2v) is 6.35. The van der Waals surface area contributed by atoms with Crippen LogP contribution in [0, 0.1) is 0 Å². The van der Waals surface area contributed by atoms with Crippen molar-refractivity contribution in [2.45, 2.75) is 39.0 Å². The van der Waals surface area contributed by atoms with Crippen LogP contribution in [-0.2, 0) is 19.3 Å². The first-order valence-electron chi connectivity index (χ1n) is 9.12. The molecule has 0 amide bonds. The summed E-state index contributed by atoms with van der Waals surface area (Å²) in [5.41, 5.74) is 5.14. The van der Waals surface area contributed by atoms with Gasteiger partial charge < -0.3 is 10.6 Å². The Morgan fingerprint density at radius 1 is 1.12 bits per heavy atom. The van der Waals surface area contributed by atoms with Crippen molar-refractivity contribution < 1.29 is 0 Å². The number of hydrogen-bond acceptors (Lipinski definition) is 4. The summed E-state index contributed by atoms with van der Waals surface area (Å²) in [6.45, 7) is 4.97. The molecule has 1 aliphatic rings. The number of aromatic nitrogens is 1. The molecule has 0 unspecified atom stereocenters. The molecule has 0 aliphatic carbocycles. The molecule has 2 heterocycles. The average Bonchev–Trinajstić information content (AvgIpc) is 2.63. The highest BCUT2D eigenvalue weighted by atomic mass is 15.1. The SMILES string of the molecule is CCCc1ccccc1NCNCCc1ccc2c(n1)NCCC2. The van der Waals surface area contributed by atoms with E-state index >= 15 is 0 Å². The molecule has 24 heavy (non-hydrogen) atoms. The van der Waals surface area contributed by atoms with E-state index in [0.717, 1.165) is 50.5 Å². The van der Waals surface area contributed by atoms with Crippen LogP contribution in [0.15, 0.2) is 36.4 Å². The summed E-state index contributed by atoms with van der Waals surface area (Å²) in [5.74, 6) is 1.09. The van der Waals surface area contributed by atoms with E-state index in [4.69, 9.17) is 4.98 Å². The number of para-hydroxylation sites is 1. The molecule has 0 saturated carbocycles. The van der Waals surface area contributed by atoms with Gasteiger partial charge in [-0.15, -0.1) is 0 Å². The fourth-order valence-corrected chi connectivity index (χ4v) is 3.15. The quantitative estimate of drug-likeness (QED) is 0.513. The van der Waals surface area contributed by atoms with Gasteiger partial charge in [0.2, 0.25) is 0 Å². The molecule has 2 aromatic rings. The molecule has 3 N–H and O–H groups in total. The van der Waals surface area contributed by atoms with Crippen molar-refractivity contribution in [2.24, 2.45) is 0 Å². The second-order valence-electron chi connectivity index (χ2n) is 6.35. The molecule has 3 rings (SSSR count). The van der Waals surface area contributed by atoms with E-state index in [2.05, 4.69) is 59.3 Å². The first-order chi connectivity index (χ1) is 11.9. The lowest BCUT2D eigenvalue weighted by Gasteiger charge is -2.17. The lowest BCUT2D eigenvalue weighted by molar-refractivity contribution is 0.711. The number of rotatable bonds is 8. The van der Waals surface area contributed by atoms with Crippen LogP contribution in [0.3, 0.4) is 0 Å². The van der Waals surface area contributed by atoms with Crippen molar-refractivity contribution in [3.05, 3.63) is 53.2 Å². The molecule has 0 fully saturated rings. The Bertz CT molecular complexity index is 654. The van der Waals surface area contributed by atoms with Gasteiger partial charge in [-0.3, -0.25) is 5.32 Å². The largest absolute Gasteiger partial charge is 0.372 e. The Morgan fingerprint density at radius 2 is 2.04 bits per heavy atom. The van der Waals surface area contributed by atoms with E-state index in [-0.39, 0.29) is 0 Å².